The molecule has 0 aromatic heterocycles. The average Bonchev–Trinajstić information content (AvgIpc) is 3.21. The summed E-state index contributed by atoms with van der Waals surface area (Å²) in [6.45, 7) is 3.75. The first-order chi connectivity index (χ1) is 13.6. The van der Waals surface area contributed by atoms with Crippen LogP contribution in [0.1, 0.15) is 38.2 Å². The van der Waals surface area contributed by atoms with Gasteiger partial charge >= 0.3 is 11.9 Å². The summed E-state index contributed by atoms with van der Waals surface area (Å²) in [5, 5.41) is 0. The molecule has 2 unspecified atom stereocenters. The first-order valence-electron chi connectivity index (χ1n) is 10.1. The summed E-state index contributed by atoms with van der Waals surface area (Å²) in [4.78, 5) is 31.8. The van der Waals surface area contributed by atoms with Crippen molar-refractivity contribution in [1.82, 2.24) is 4.90 Å². The molecule has 1 spiro atoms. The third kappa shape index (κ3) is 2.69. The Labute approximate surface area is 165 Å². The number of carbonyl (C=O) groups is 2. The zero-order chi connectivity index (χ0) is 19.9. The molecular weight excluding hydrogens is 356 g/mol. The van der Waals surface area contributed by atoms with Gasteiger partial charge in [0.05, 0.1) is 25.3 Å². The average molecular weight is 384 g/mol. The molecule has 0 aliphatic carbocycles. The number of ether oxygens (including phenoxy) is 2. The predicted molar refractivity (Wildman–Crippen MR) is 106 cm³/mol. The van der Waals surface area contributed by atoms with Gasteiger partial charge in [0.25, 0.3) is 0 Å². The van der Waals surface area contributed by atoms with Gasteiger partial charge in [-0.25, -0.2) is 0 Å². The van der Waals surface area contributed by atoms with E-state index in [1.807, 2.05) is 12.1 Å². The fourth-order valence-corrected chi connectivity index (χ4v) is 5.74. The van der Waals surface area contributed by atoms with Crippen LogP contribution in [-0.2, 0) is 24.5 Å². The van der Waals surface area contributed by atoms with E-state index in [1.54, 1.807) is 0 Å². The Balaban J connectivity index is 1.77. The van der Waals surface area contributed by atoms with Crippen molar-refractivity contribution in [2.45, 2.75) is 44.1 Å². The van der Waals surface area contributed by atoms with Crippen molar-refractivity contribution in [3.63, 3.8) is 0 Å². The van der Waals surface area contributed by atoms with Gasteiger partial charge in [0, 0.05) is 24.7 Å². The minimum absolute atomic E-state index is 0.165. The largest absolute Gasteiger partial charge is 0.469 e. The van der Waals surface area contributed by atoms with Gasteiger partial charge in [0.2, 0.25) is 0 Å². The molecule has 28 heavy (non-hydrogen) atoms. The third-order valence-corrected chi connectivity index (χ3v) is 6.92. The number of hydrogen-bond donors (Lipinski definition) is 0. The van der Waals surface area contributed by atoms with Gasteiger partial charge in [0.1, 0.15) is 5.92 Å². The maximum atomic E-state index is 12.6. The lowest BCUT2D eigenvalue weighted by Crippen LogP contribution is -2.60. The molecule has 4 rings (SSSR count). The molecule has 2 saturated heterocycles. The summed E-state index contributed by atoms with van der Waals surface area (Å²) in [5.41, 5.74) is 2.91. The molecule has 3 aliphatic heterocycles. The summed E-state index contributed by atoms with van der Waals surface area (Å²) in [6.07, 6.45) is 3.13. The molecule has 0 N–H and O–H groups in total. The number of aliphatic imine (C=N–C) groups is 1. The number of esters is 2. The molecule has 1 aromatic rings. The second-order valence-corrected chi connectivity index (χ2v) is 8.03. The number of rotatable bonds is 6. The Bertz CT molecular complexity index is 821. The molecule has 0 amide bonds. The van der Waals surface area contributed by atoms with E-state index >= 15 is 0 Å². The minimum atomic E-state index is -0.325. The molecule has 3 heterocycles. The van der Waals surface area contributed by atoms with E-state index in [-0.39, 0.29) is 29.3 Å². The van der Waals surface area contributed by atoms with Gasteiger partial charge < -0.3 is 9.47 Å². The zero-order valence-electron chi connectivity index (χ0n) is 16.8. The summed E-state index contributed by atoms with van der Waals surface area (Å²) in [6, 6.07) is 8.50. The molecule has 3 aliphatic rings. The van der Waals surface area contributed by atoms with E-state index in [0.29, 0.717) is 18.9 Å². The van der Waals surface area contributed by atoms with Crippen LogP contribution in [0.5, 0.6) is 0 Å². The first kappa shape index (κ1) is 19.1. The number of methoxy groups -OCH3 is 2. The number of piperidine rings is 1. The third-order valence-electron chi connectivity index (χ3n) is 6.92. The highest BCUT2D eigenvalue weighted by Gasteiger charge is 2.63. The van der Waals surface area contributed by atoms with E-state index in [4.69, 9.17) is 14.5 Å². The van der Waals surface area contributed by atoms with E-state index in [2.05, 4.69) is 24.0 Å². The fourth-order valence-electron chi connectivity index (χ4n) is 5.74. The normalized spacial score (nSPS) is 30.8. The Kier molecular flexibility index (Phi) is 5.00. The van der Waals surface area contributed by atoms with Crippen LogP contribution in [0.2, 0.25) is 0 Å². The number of nitrogens with zero attached hydrogens (tertiary/aromatic N) is 2. The Morgan fingerprint density at radius 2 is 2.07 bits per heavy atom. The number of para-hydroxylation sites is 1. The summed E-state index contributed by atoms with van der Waals surface area (Å²) >= 11 is 0. The molecule has 1 aromatic carbocycles. The number of hydrogen-bond acceptors (Lipinski definition) is 6. The summed E-state index contributed by atoms with van der Waals surface area (Å²) in [7, 11) is 2.89. The summed E-state index contributed by atoms with van der Waals surface area (Å²) < 4.78 is 9.99. The molecule has 0 saturated carbocycles. The van der Waals surface area contributed by atoms with E-state index in [1.165, 1.54) is 19.8 Å². The minimum Gasteiger partial charge on any atom is -0.469 e. The topological polar surface area (TPSA) is 68.2 Å². The van der Waals surface area contributed by atoms with Crippen LogP contribution >= 0.6 is 0 Å². The SMILES string of the molecule is CC[C@H](CCC(=O)OC)[C@H]1N2CC[C@]13C(=Nc1ccccc13)C(C(=O)OC)C2. The fraction of sp³-hybridized carbons (Fsp3) is 0.591. The predicted octanol–water partition coefficient (Wildman–Crippen LogP) is 2.87. The van der Waals surface area contributed by atoms with Gasteiger partial charge in [0.15, 0.2) is 0 Å². The standard InChI is InChI=1S/C22H28N2O4/c1-4-14(9-10-18(25)27-2)20-22-11-12-24(20)13-15(21(26)28-3)19(22)23-17-8-6-5-7-16(17)22/h5-8,14-15,20H,4,9-13H2,1-3H3/t14-,15?,20-,22+/m1/s1. The summed E-state index contributed by atoms with van der Waals surface area (Å²) in [5.74, 6) is -0.364. The number of benzene rings is 1. The Morgan fingerprint density at radius 1 is 1.29 bits per heavy atom. The zero-order valence-corrected chi connectivity index (χ0v) is 16.8. The smallest absolute Gasteiger partial charge is 0.315 e. The van der Waals surface area contributed by atoms with Crippen LogP contribution < -0.4 is 0 Å². The van der Waals surface area contributed by atoms with E-state index < -0.39 is 0 Å². The van der Waals surface area contributed by atoms with Crippen molar-refractivity contribution in [3.8, 4) is 0 Å². The number of carbonyl (C=O) groups excluding carboxylic acids is 2. The van der Waals surface area contributed by atoms with Gasteiger partial charge in [-0.3, -0.25) is 19.5 Å². The number of fused-ring (bicyclic) bond motifs is 2. The highest BCUT2D eigenvalue weighted by Crippen LogP contribution is 2.56. The van der Waals surface area contributed by atoms with Crippen molar-refractivity contribution in [2.75, 3.05) is 27.3 Å². The molecule has 150 valence electrons. The quantitative estimate of drug-likeness (QED) is 0.706. The lowest BCUT2D eigenvalue weighted by molar-refractivity contribution is -0.144. The van der Waals surface area contributed by atoms with Crippen LogP contribution in [0.15, 0.2) is 29.3 Å². The van der Waals surface area contributed by atoms with Crippen molar-refractivity contribution < 1.29 is 19.1 Å². The van der Waals surface area contributed by atoms with Crippen LogP contribution in [0.3, 0.4) is 0 Å². The molecule has 6 nitrogen and oxygen atoms in total. The van der Waals surface area contributed by atoms with Crippen molar-refractivity contribution in [3.05, 3.63) is 29.8 Å². The highest BCUT2D eigenvalue weighted by molar-refractivity contribution is 6.13. The van der Waals surface area contributed by atoms with E-state index in [9.17, 15) is 9.59 Å². The molecular formula is C22H28N2O4. The monoisotopic (exact) mass is 384 g/mol. The lowest BCUT2D eigenvalue weighted by atomic mass is 9.62. The van der Waals surface area contributed by atoms with Crippen LogP contribution in [0.25, 0.3) is 0 Å². The highest BCUT2D eigenvalue weighted by atomic mass is 16.5. The Hall–Kier alpha value is -2.21. The second kappa shape index (κ2) is 7.32. The van der Waals surface area contributed by atoms with Gasteiger partial charge in [-0.1, -0.05) is 31.5 Å². The van der Waals surface area contributed by atoms with Crippen LogP contribution in [0, 0.1) is 11.8 Å². The maximum absolute atomic E-state index is 12.6. The van der Waals surface area contributed by atoms with Crippen LogP contribution in [0.4, 0.5) is 5.69 Å². The van der Waals surface area contributed by atoms with Gasteiger partial charge in [-0.15, -0.1) is 0 Å². The maximum Gasteiger partial charge on any atom is 0.315 e. The van der Waals surface area contributed by atoms with Gasteiger partial charge in [-0.05, 0) is 36.9 Å². The molecule has 0 radical (unpaired) electrons. The molecule has 6 heteroatoms. The van der Waals surface area contributed by atoms with E-state index in [0.717, 1.165) is 37.2 Å². The molecule has 2 bridgehead atoms. The first-order valence-corrected chi connectivity index (χ1v) is 10.1. The van der Waals surface area contributed by atoms with Crippen molar-refractivity contribution in [2.24, 2.45) is 16.8 Å². The second-order valence-electron chi connectivity index (χ2n) is 8.03. The van der Waals surface area contributed by atoms with Crippen molar-refractivity contribution in [1.29, 1.82) is 0 Å². The van der Waals surface area contributed by atoms with Crippen molar-refractivity contribution >= 4 is 23.3 Å². The Morgan fingerprint density at radius 3 is 2.79 bits per heavy atom. The molecule has 5 atom stereocenters. The molecule has 2 fully saturated rings. The van der Waals surface area contributed by atoms with Gasteiger partial charge in [-0.2, -0.15) is 0 Å². The lowest BCUT2D eigenvalue weighted by Gasteiger charge is -2.47. The van der Waals surface area contributed by atoms with Crippen LogP contribution in [-0.4, -0.2) is 55.9 Å².